The van der Waals surface area contributed by atoms with Gasteiger partial charge in [0.05, 0.1) is 19.3 Å². The van der Waals surface area contributed by atoms with Crippen LogP contribution in [0.5, 0.6) is 5.75 Å². The quantitative estimate of drug-likeness (QED) is 0.772. The number of amides is 2. The first-order chi connectivity index (χ1) is 12.4. The fraction of sp³-hybridized carbons (Fsp3) is 0.350. The zero-order valence-corrected chi connectivity index (χ0v) is 16.1. The molecule has 0 aliphatic heterocycles. The van der Waals surface area contributed by atoms with Crippen LogP contribution in [0.3, 0.4) is 0 Å². The van der Waals surface area contributed by atoms with E-state index in [4.69, 9.17) is 16.3 Å². The van der Waals surface area contributed by atoms with Gasteiger partial charge < -0.3 is 20.1 Å². The second kappa shape index (κ2) is 8.92. The van der Waals surface area contributed by atoms with Crippen molar-refractivity contribution in [3.63, 3.8) is 0 Å². The van der Waals surface area contributed by atoms with Crippen molar-refractivity contribution in [2.24, 2.45) is 0 Å². The molecule has 0 bridgehead atoms. The van der Waals surface area contributed by atoms with E-state index in [1.807, 2.05) is 56.3 Å². The minimum atomic E-state index is -0.586. The van der Waals surface area contributed by atoms with Gasteiger partial charge in [-0.15, -0.1) is 0 Å². The smallest absolute Gasteiger partial charge is 0.318 e. The molecule has 0 unspecified atom stereocenters. The van der Waals surface area contributed by atoms with Crippen LogP contribution in [0.4, 0.5) is 4.79 Å². The molecule has 2 aromatic carbocycles. The molecule has 0 fully saturated rings. The Morgan fingerprint density at radius 2 is 1.85 bits per heavy atom. The molecule has 5 nitrogen and oxygen atoms in total. The number of methoxy groups -OCH3 is 1. The van der Waals surface area contributed by atoms with E-state index in [1.54, 1.807) is 18.1 Å². The number of aliphatic hydroxyl groups is 1. The first-order valence-corrected chi connectivity index (χ1v) is 8.81. The molecule has 0 aliphatic carbocycles. The molecular weight excluding hydrogens is 352 g/mol. The lowest BCUT2D eigenvalue weighted by Gasteiger charge is -2.31. The van der Waals surface area contributed by atoms with Crippen molar-refractivity contribution in [1.29, 1.82) is 0 Å². The molecule has 140 valence electrons. The summed E-state index contributed by atoms with van der Waals surface area (Å²) in [5.74, 6) is 0.761. The van der Waals surface area contributed by atoms with Crippen LogP contribution in [0, 0.1) is 0 Å². The predicted octanol–water partition coefficient (Wildman–Crippen LogP) is 3.79. The number of nitrogens with zero attached hydrogens (tertiary/aromatic N) is 1. The number of carbonyl (C=O) groups excluding carboxylic acids is 1. The number of aliphatic hydroxyl groups excluding tert-OH is 1. The maximum absolute atomic E-state index is 12.8. The zero-order chi connectivity index (χ0) is 19.2. The van der Waals surface area contributed by atoms with Crippen molar-refractivity contribution >= 4 is 17.6 Å². The Kier molecular flexibility index (Phi) is 6.89. The third-order valence-electron chi connectivity index (χ3n) is 4.21. The molecule has 0 aromatic heterocycles. The van der Waals surface area contributed by atoms with E-state index < -0.39 is 5.54 Å². The molecule has 0 saturated carbocycles. The maximum Gasteiger partial charge on any atom is 0.318 e. The minimum Gasteiger partial charge on any atom is -0.497 e. The van der Waals surface area contributed by atoms with Crippen molar-refractivity contribution in [1.82, 2.24) is 10.2 Å². The minimum absolute atomic E-state index is 0.124. The summed E-state index contributed by atoms with van der Waals surface area (Å²) < 4.78 is 5.17. The van der Waals surface area contributed by atoms with Crippen molar-refractivity contribution in [3.8, 4) is 5.75 Å². The second-order valence-electron chi connectivity index (χ2n) is 6.52. The summed E-state index contributed by atoms with van der Waals surface area (Å²) in [6, 6.07) is 14.7. The number of nitrogens with one attached hydrogen (secondary N) is 1. The van der Waals surface area contributed by atoms with Gasteiger partial charge in [-0.3, -0.25) is 0 Å². The van der Waals surface area contributed by atoms with Gasteiger partial charge >= 0.3 is 6.03 Å². The highest BCUT2D eigenvalue weighted by atomic mass is 35.5. The largest absolute Gasteiger partial charge is 0.497 e. The van der Waals surface area contributed by atoms with Gasteiger partial charge in [0.2, 0.25) is 0 Å². The Morgan fingerprint density at radius 3 is 2.42 bits per heavy atom. The number of carbonyl (C=O) groups is 1. The van der Waals surface area contributed by atoms with E-state index in [0.29, 0.717) is 11.6 Å². The van der Waals surface area contributed by atoms with E-state index in [1.165, 1.54) is 0 Å². The van der Waals surface area contributed by atoms with Gasteiger partial charge in [0.25, 0.3) is 0 Å². The number of urea groups is 1. The fourth-order valence-electron chi connectivity index (χ4n) is 2.63. The molecular formula is C20H25ClN2O3. The van der Waals surface area contributed by atoms with Gasteiger partial charge in [-0.25, -0.2) is 4.79 Å². The molecule has 0 radical (unpaired) electrons. The van der Waals surface area contributed by atoms with E-state index in [-0.39, 0.29) is 19.2 Å². The van der Waals surface area contributed by atoms with Crippen LogP contribution in [-0.4, -0.2) is 36.3 Å². The van der Waals surface area contributed by atoms with E-state index >= 15 is 0 Å². The molecule has 0 aliphatic rings. The van der Waals surface area contributed by atoms with Crippen molar-refractivity contribution in [2.45, 2.75) is 25.9 Å². The predicted molar refractivity (Wildman–Crippen MR) is 103 cm³/mol. The molecule has 0 atom stereocenters. The number of hydrogen-bond acceptors (Lipinski definition) is 3. The lowest BCUT2D eigenvalue weighted by molar-refractivity contribution is 0.165. The normalized spacial score (nSPS) is 11.1. The molecule has 2 aromatic rings. The molecule has 26 heavy (non-hydrogen) atoms. The summed E-state index contributed by atoms with van der Waals surface area (Å²) in [5.41, 5.74) is 1.20. The summed E-state index contributed by atoms with van der Waals surface area (Å²) in [4.78, 5) is 14.3. The highest BCUT2D eigenvalue weighted by Gasteiger charge is 2.26. The number of ether oxygens (including phenoxy) is 1. The van der Waals surface area contributed by atoms with Crippen LogP contribution in [0.25, 0.3) is 0 Å². The average molecular weight is 377 g/mol. The summed E-state index contributed by atoms with van der Waals surface area (Å²) in [6.07, 6.45) is 0. The van der Waals surface area contributed by atoms with Crippen molar-refractivity contribution in [2.75, 3.05) is 20.3 Å². The van der Waals surface area contributed by atoms with Gasteiger partial charge in [-0.1, -0.05) is 41.9 Å². The Labute approximate surface area is 159 Å². The summed E-state index contributed by atoms with van der Waals surface area (Å²) in [7, 11) is 1.61. The van der Waals surface area contributed by atoms with Crippen LogP contribution in [-0.2, 0) is 12.1 Å². The Bertz CT molecular complexity index is 732. The van der Waals surface area contributed by atoms with E-state index in [9.17, 15) is 9.90 Å². The number of benzene rings is 2. The number of halogens is 1. The maximum atomic E-state index is 12.8. The zero-order valence-electron chi connectivity index (χ0n) is 15.3. The monoisotopic (exact) mass is 376 g/mol. The SMILES string of the molecule is COc1ccc(C(C)(C)NC(=O)N(CCO)Cc2ccccc2Cl)cc1. The highest BCUT2D eigenvalue weighted by molar-refractivity contribution is 6.31. The molecule has 0 spiro atoms. The molecule has 2 amide bonds. The lowest BCUT2D eigenvalue weighted by atomic mass is 9.94. The molecule has 2 N–H and O–H groups in total. The molecule has 0 saturated heterocycles. The van der Waals surface area contributed by atoms with Gasteiger partial charge in [0.1, 0.15) is 5.75 Å². The third kappa shape index (κ3) is 5.13. The van der Waals surface area contributed by atoms with Crippen molar-refractivity contribution < 1.29 is 14.6 Å². The van der Waals surface area contributed by atoms with Crippen LogP contribution in [0.2, 0.25) is 5.02 Å². The second-order valence-corrected chi connectivity index (χ2v) is 6.93. The van der Waals surface area contributed by atoms with Crippen LogP contribution < -0.4 is 10.1 Å². The summed E-state index contributed by atoms with van der Waals surface area (Å²) in [6.45, 7) is 4.28. The number of hydrogen-bond donors (Lipinski definition) is 2. The highest BCUT2D eigenvalue weighted by Crippen LogP contribution is 2.23. The Hall–Kier alpha value is -2.24. The first kappa shape index (κ1) is 20.1. The fourth-order valence-corrected chi connectivity index (χ4v) is 2.83. The lowest BCUT2D eigenvalue weighted by Crippen LogP contribution is -2.49. The van der Waals surface area contributed by atoms with Gasteiger partial charge in [-0.2, -0.15) is 0 Å². The summed E-state index contributed by atoms with van der Waals surface area (Å²) >= 11 is 6.20. The topological polar surface area (TPSA) is 61.8 Å². The molecule has 6 heteroatoms. The summed E-state index contributed by atoms with van der Waals surface area (Å²) in [5, 5.41) is 13.0. The average Bonchev–Trinajstić information content (AvgIpc) is 2.62. The van der Waals surface area contributed by atoms with Gasteiger partial charge in [0, 0.05) is 18.1 Å². The molecule has 2 rings (SSSR count). The van der Waals surface area contributed by atoms with Gasteiger partial charge in [0.15, 0.2) is 0 Å². The Balaban J connectivity index is 2.13. The Morgan fingerprint density at radius 1 is 1.19 bits per heavy atom. The van der Waals surface area contributed by atoms with Crippen molar-refractivity contribution in [3.05, 3.63) is 64.7 Å². The van der Waals surface area contributed by atoms with Crippen LogP contribution in [0.1, 0.15) is 25.0 Å². The third-order valence-corrected chi connectivity index (χ3v) is 4.58. The van der Waals surface area contributed by atoms with Crippen LogP contribution >= 0.6 is 11.6 Å². The van der Waals surface area contributed by atoms with Crippen LogP contribution in [0.15, 0.2) is 48.5 Å². The van der Waals surface area contributed by atoms with E-state index in [2.05, 4.69) is 5.32 Å². The molecule has 0 heterocycles. The van der Waals surface area contributed by atoms with Gasteiger partial charge in [-0.05, 0) is 43.2 Å². The first-order valence-electron chi connectivity index (χ1n) is 8.43. The number of rotatable bonds is 7. The standard InChI is InChI=1S/C20H25ClN2O3/c1-20(2,16-8-10-17(26-3)11-9-16)22-19(25)23(12-13-24)14-15-6-4-5-7-18(15)21/h4-11,24H,12-14H2,1-3H3,(H,22,25). The van der Waals surface area contributed by atoms with E-state index in [0.717, 1.165) is 16.9 Å².